The number of amides is 2. The van der Waals surface area contributed by atoms with E-state index in [4.69, 9.17) is 8.83 Å². The Balaban J connectivity index is 1.53. The zero-order chi connectivity index (χ0) is 18.6. The molecule has 6 nitrogen and oxygen atoms in total. The number of carbonyl (C=O) groups excluding carboxylic acids is 2. The molecule has 2 amide bonds. The number of carbonyl (C=O) groups is 2. The van der Waals surface area contributed by atoms with Gasteiger partial charge in [0.1, 0.15) is 18.1 Å². The highest BCUT2D eigenvalue weighted by Crippen LogP contribution is 2.45. The molecule has 7 heteroatoms. The number of para-hydroxylation sites is 1. The van der Waals surface area contributed by atoms with Crippen LogP contribution < -0.4 is 10.2 Å². The summed E-state index contributed by atoms with van der Waals surface area (Å²) in [7, 11) is 0. The van der Waals surface area contributed by atoms with E-state index in [1.165, 1.54) is 0 Å². The number of hydrogen-bond donors (Lipinski definition) is 1. The summed E-state index contributed by atoms with van der Waals surface area (Å²) in [6, 6.07) is 14.9. The first-order valence-corrected chi connectivity index (χ1v) is 9.47. The van der Waals surface area contributed by atoms with E-state index in [2.05, 4.69) is 5.32 Å². The number of anilines is 1. The summed E-state index contributed by atoms with van der Waals surface area (Å²) < 4.78 is 10.7. The number of thioether (sulfide) groups is 1. The Morgan fingerprint density at radius 3 is 2.70 bits per heavy atom. The molecule has 1 unspecified atom stereocenters. The van der Waals surface area contributed by atoms with Crippen LogP contribution >= 0.6 is 11.8 Å². The van der Waals surface area contributed by atoms with Gasteiger partial charge in [0.25, 0.3) is 0 Å². The summed E-state index contributed by atoms with van der Waals surface area (Å²) in [5, 5.41) is 2.67. The quantitative estimate of drug-likeness (QED) is 0.727. The monoisotopic (exact) mass is 382 g/mol. The highest BCUT2D eigenvalue weighted by atomic mass is 32.2. The van der Waals surface area contributed by atoms with Crippen molar-refractivity contribution in [3.05, 3.63) is 72.6 Å². The Morgan fingerprint density at radius 2 is 1.93 bits per heavy atom. The molecule has 2 aromatic heterocycles. The van der Waals surface area contributed by atoms with Crippen LogP contribution in [0, 0.1) is 0 Å². The predicted octanol–water partition coefficient (Wildman–Crippen LogP) is 3.76. The molecule has 0 aliphatic carbocycles. The average Bonchev–Trinajstić information content (AvgIpc) is 3.36. The SMILES string of the molecule is O=C(CN1C(=O)CC(c2ccco2)Sc2ccccc21)NCc1ccco1. The van der Waals surface area contributed by atoms with E-state index < -0.39 is 0 Å². The molecular weight excluding hydrogens is 364 g/mol. The molecule has 4 rings (SSSR count). The van der Waals surface area contributed by atoms with E-state index in [0.29, 0.717) is 12.3 Å². The van der Waals surface area contributed by atoms with Gasteiger partial charge in [0, 0.05) is 11.3 Å². The van der Waals surface area contributed by atoms with Gasteiger partial charge in [0.05, 0.1) is 30.0 Å². The fourth-order valence-electron chi connectivity index (χ4n) is 2.98. The summed E-state index contributed by atoms with van der Waals surface area (Å²) in [4.78, 5) is 27.8. The van der Waals surface area contributed by atoms with Crippen molar-refractivity contribution >= 4 is 29.3 Å². The Kier molecular flexibility index (Phi) is 5.02. The molecule has 27 heavy (non-hydrogen) atoms. The van der Waals surface area contributed by atoms with E-state index in [1.807, 2.05) is 36.4 Å². The number of fused-ring (bicyclic) bond motifs is 1. The average molecular weight is 382 g/mol. The van der Waals surface area contributed by atoms with Gasteiger partial charge in [0.15, 0.2) is 0 Å². The van der Waals surface area contributed by atoms with Crippen LogP contribution in [-0.4, -0.2) is 18.4 Å². The molecule has 3 aromatic rings. The van der Waals surface area contributed by atoms with E-state index in [9.17, 15) is 9.59 Å². The van der Waals surface area contributed by atoms with Crippen molar-refractivity contribution in [3.63, 3.8) is 0 Å². The fraction of sp³-hybridized carbons (Fsp3) is 0.200. The molecule has 0 fully saturated rings. The van der Waals surface area contributed by atoms with Crippen molar-refractivity contribution in [2.75, 3.05) is 11.4 Å². The van der Waals surface area contributed by atoms with E-state index in [-0.39, 0.29) is 30.0 Å². The van der Waals surface area contributed by atoms with Gasteiger partial charge < -0.3 is 19.1 Å². The molecule has 0 saturated heterocycles. The van der Waals surface area contributed by atoms with Gasteiger partial charge >= 0.3 is 0 Å². The van der Waals surface area contributed by atoms with E-state index >= 15 is 0 Å². The number of hydrogen-bond acceptors (Lipinski definition) is 5. The molecule has 1 N–H and O–H groups in total. The third-order valence-electron chi connectivity index (χ3n) is 4.29. The largest absolute Gasteiger partial charge is 0.468 e. The number of nitrogens with one attached hydrogen (secondary N) is 1. The van der Waals surface area contributed by atoms with Gasteiger partial charge in [-0.1, -0.05) is 12.1 Å². The number of rotatable bonds is 5. The van der Waals surface area contributed by atoms with E-state index in [0.717, 1.165) is 16.3 Å². The van der Waals surface area contributed by atoms with Crippen LogP contribution in [0.15, 0.2) is 74.8 Å². The molecule has 1 atom stereocenters. The first kappa shape index (κ1) is 17.5. The summed E-state index contributed by atoms with van der Waals surface area (Å²) in [6.45, 7) is 0.251. The summed E-state index contributed by atoms with van der Waals surface area (Å²) >= 11 is 1.58. The Hall–Kier alpha value is -2.93. The molecular formula is C20H18N2O4S. The topological polar surface area (TPSA) is 75.7 Å². The van der Waals surface area contributed by atoms with Gasteiger partial charge in [-0.25, -0.2) is 0 Å². The van der Waals surface area contributed by atoms with Crippen molar-refractivity contribution < 1.29 is 18.4 Å². The Bertz CT molecular complexity index is 921. The number of nitrogens with zero attached hydrogens (tertiary/aromatic N) is 1. The highest BCUT2D eigenvalue weighted by Gasteiger charge is 2.31. The smallest absolute Gasteiger partial charge is 0.240 e. The van der Waals surface area contributed by atoms with Crippen molar-refractivity contribution in [3.8, 4) is 0 Å². The van der Waals surface area contributed by atoms with Crippen LogP contribution in [-0.2, 0) is 16.1 Å². The van der Waals surface area contributed by atoms with Crippen LogP contribution in [0.3, 0.4) is 0 Å². The van der Waals surface area contributed by atoms with Gasteiger partial charge in [-0.2, -0.15) is 0 Å². The lowest BCUT2D eigenvalue weighted by Gasteiger charge is -2.22. The van der Waals surface area contributed by atoms with Crippen molar-refractivity contribution in [1.82, 2.24) is 5.32 Å². The molecule has 0 bridgehead atoms. The molecule has 3 heterocycles. The molecule has 0 radical (unpaired) electrons. The van der Waals surface area contributed by atoms with Crippen LogP contribution in [0.4, 0.5) is 5.69 Å². The number of furan rings is 2. The van der Waals surface area contributed by atoms with Crippen molar-refractivity contribution in [2.24, 2.45) is 0 Å². The molecule has 0 spiro atoms. The predicted molar refractivity (Wildman–Crippen MR) is 101 cm³/mol. The first-order valence-electron chi connectivity index (χ1n) is 8.59. The molecule has 1 aliphatic rings. The second-order valence-corrected chi connectivity index (χ2v) is 7.37. The maximum absolute atomic E-state index is 12.9. The molecule has 138 valence electrons. The second kappa shape index (κ2) is 7.75. The first-order chi connectivity index (χ1) is 13.2. The number of benzene rings is 1. The summed E-state index contributed by atoms with van der Waals surface area (Å²) in [6.07, 6.45) is 3.43. The molecule has 1 aromatic carbocycles. The van der Waals surface area contributed by atoms with Gasteiger partial charge in [-0.3, -0.25) is 9.59 Å². The van der Waals surface area contributed by atoms with Gasteiger partial charge in [-0.05, 0) is 36.4 Å². The Morgan fingerprint density at radius 1 is 1.11 bits per heavy atom. The maximum Gasteiger partial charge on any atom is 0.240 e. The minimum atomic E-state index is -0.240. The lowest BCUT2D eigenvalue weighted by Crippen LogP contribution is -2.40. The van der Waals surface area contributed by atoms with Gasteiger partial charge in [-0.15, -0.1) is 11.8 Å². The zero-order valence-corrected chi connectivity index (χ0v) is 15.3. The van der Waals surface area contributed by atoms with Crippen LogP contribution in [0.2, 0.25) is 0 Å². The third-order valence-corrected chi connectivity index (χ3v) is 5.57. The third kappa shape index (κ3) is 3.93. The van der Waals surface area contributed by atoms with Crippen LogP contribution in [0.25, 0.3) is 0 Å². The van der Waals surface area contributed by atoms with Crippen molar-refractivity contribution in [2.45, 2.75) is 23.1 Å². The van der Waals surface area contributed by atoms with Crippen LogP contribution in [0.5, 0.6) is 0 Å². The maximum atomic E-state index is 12.9. The highest BCUT2D eigenvalue weighted by molar-refractivity contribution is 7.99. The standard InChI is InChI=1S/C20H18N2O4S/c23-19(21-12-14-5-3-9-25-14)13-22-15-6-1-2-8-17(15)27-18(11-20(22)24)16-7-4-10-26-16/h1-10,18H,11-13H2,(H,21,23). The lowest BCUT2D eigenvalue weighted by atomic mass is 10.2. The minimum absolute atomic E-state index is 0.0397. The Labute approximate surface area is 160 Å². The van der Waals surface area contributed by atoms with Crippen molar-refractivity contribution in [1.29, 1.82) is 0 Å². The van der Waals surface area contributed by atoms with Gasteiger partial charge in [0.2, 0.25) is 11.8 Å². The fourth-order valence-corrected chi connectivity index (χ4v) is 4.22. The van der Waals surface area contributed by atoms with E-state index in [1.54, 1.807) is 41.3 Å². The lowest BCUT2D eigenvalue weighted by molar-refractivity contribution is -0.124. The zero-order valence-electron chi connectivity index (χ0n) is 14.5. The van der Waals surface area contributed by atoms with Crippen LogP contribution in [0.1, 0.15) is 23.2 Å². The molecule has 0 saturated carbocycles. The second-order valence-electron chi connectivity index (χ2n) is 6.13. The normalized spacial score (nSPS) is 16.7. The summed E-state index contributed by atoms with van der Waals surface area (Å²) in [5.74, 6) is 1.07. The molecule has 1 aliphatic heterocycles. The summed E-state index contributed by atoms with van der Waals surface area (Å²) in [5.41, 5.74) is 0.745. The minimum Gasteiger partial charge on any atom is -0.468 e.